The van der Waals surface area contributed by atoms with Gasteiger partial charge in [-0.05, 0) is 105 Å². The van der Waals surface area contributed by atoms with Crippen LogP contribution in [0.25, 0.3) is 50.1 Å². The van der Waals surface area contributed by atoms with Crippen LogP contribution in [-0.2, 0) is 21.7 Å². The Morgan fingerprint density at radius 2 is 1.23 bits per heavy atom. The molecule has 0 bridgehead atoms. The summed E-state index contributed by atoms with van der Waals surface area (Å²) in [6.07, 6.45) is 1.87. The van der Waals surface area contributed by atoms with Crippen LogP contribution < -0.4 is 0 Å². The summed E-state index contributed by atoms with van der Waals surface area (Å²) in [4.78, 5) is 11.3. The Labute approximate surface area is 293 Å². The van der Waals surface area contributed by atoms with E-state index in [0.717, 1.165) is 49.6 Å². The molecule has 0 atom stereocenters. The quantitative estimate of drug-likeness (QED) is 0.193. The number of nitrogens with zero attached hydrogens (tertiary/aromatic N) is 3. The van der Waals surface area contributed by atoms with Crippen LogP contribution in [0.5, 0.6) is 0 Å². The van der Waals surface area contributed by atoms with Crippen molar-refractivity contribution >= 4 is 34.6 Å². The Morgan fingerprint density at radius 1 is 0.562 bits per heavy atom. The third kappa shape index (κ3) is 6.32. The van der Waals surface area contributed by atoms with E-state index in [1.165, 1.54) is 27.6 Å². The second-order valence-electron chi connectivity index (χ2n) is 17.5. The van der Waals surface area contributed by atoms with Crippen LogP contribution in [0.1, 0.15) is 105 Å². The van der Waals surface area contributed by atoms with Crippen molar-refractivity contribution in [2.75, 3.05) is 0 Å². The Balaban J connectivity index is 1.72. The van der Waals surface area contributed by atoms with E-state index in [1.54, 1.807) is 0 Å². The Hall–Kier alpha value is -3.89. The second-order valence-corrected chi connectivity index (χ2v) is 18.0. The lowest BCUT2D eigenvalue weighted by atomic mass is 9.79. The molecule has 0 radical (unpaired) electrons. The third-order valence-electron chi connectivity index (χ3n) is 9.54. The fourth-order valence-corrected chi connectivity index (χ4v) is 7.04. The van der Waals surface area contributed by atoms with Gasteiger partial charge in [0.05, 0.1) is 16.9 Å². The molecule has 6 aromatic rings. The molecule has 0 saturated carbocycles. The van der Waals surface area contributed by atoms with Crippen molar-refractivity contribution < 1.29 is 0 Å². The average molecular weight is 654 g/mol. The summed E-state index contributed by atoms with van der Waals surface area (Å²) in [6.45, 7) is 27.3. The zero-order chi connectivity index (χ0) is 35.0. The number of hydrogen-bond donors (Lipinski definition) is 1. The summed E-state index contributed by atoms with van der Waals surface area (Å²) in [6, 6.07) is 29.0. The van der Waals surface area contributed by atoms with Gasteiger partial charge < -0.3 is 0 Å². The number of thiol groups is 1. The highest BCUT2D eigenvalue weighted by Gasteiger charge is 2.26. The van der Waals surface area contributed by atoms with E-state index >= 15 is 0 Å². The number of rotatable bonds is 3. The van der Waals surface area contributed by atoms with Gasteiger partial charge in [0, 0.05) is 38.7 Å². The Kier molecular flexibility index (Phi) is 8.23. The highest BCUT2D eigenvalue weighted by Crippen LogP contribution is 2.42. The highest BCUT2D eigenvalue weighted by atomic mass is 32.1. The van der Waals surface area contributed by atoms with Gasteiger partial charge in [0.1, 0.15) is 5.65 Å². The van der Waals surface area contributed by atoms with Crippen molar-refractivity contribution in [1.82, 2.24) is 14.5 Å². The second kappa shape index (κ2) is 11.6. The molecule has 0 amide bonds. The van der Waals surface area contributed by atoms with Gasteiger partial charge in [0.2, 0.25) is 0 Å². The van der Waals surface area contributed by atoms with E-state index in [-0.39, 0.29) is 21.7 Å². The molecular weight excluding hydrogens is 603 g/mol. The molecule has 0 fully saturated rings. The Morgan fingerprint density at radius 3 is 1.83 bits per heavy atom. The molecule has 3 heterocycles. The van der Waals surface area contributed by atoms with Gasteiger partial charge in [-0.15, -0.1) is 12.6 Å². The molecule has 6 rings (SSSR count). The SMILES string of the molecule is CC(C)(C)c1cc(-c2ccccn2)cc(-n2c3ccc(C(C)(C)C)cc3c3ccc(-c4cc(C(C)(C)C)cc(C(C)(C)C)c4S)nc32)c1. The van der Waals surface area contributed by atoms with Gasteiger partial charge in [-0.3, -0.25) is 9.55 Å². The molecule has 0 aliphatic carbocycles. The van der Waals surface area contributed by atoms with Crippen molar-refractivity contribution in [2.45, 2.75) is 110 Å². The largest absolute Gasteiger partial charge is 0.294 e. The smallest absolute Gasteiger partial charge is 0.146 e. The lowest BCUT2D eigenvalue weighted by Crippen LogP contribution is -2.17. The number of pyridine rings is 2. The maximum atomic E-state index is 5.55. The standard InChI is InChI=1S/C44H51N3S/c1-41(2,3)28-16-19-38-33(24-28)32-17-18-37(34-25-30(43(7,8)9)26-35(39(34)48)44(10,11)12)46-40(32)47(38)31-22-27(36-15-13-14-20-45-36)21-29(23-31)42(4,5)6/h13-26,48H,1-12H3. The van der Waals surface area contributed by atoms with E-state index < -0.39 is 0 Å². The molecule has 48 heavy (non-hydrogen) atoms. The monoisotopic (exact) mass is 653 g/mol. The summed E-state index contributed by atoms with van der Waals surface area (Å²) < 4.78 is 2.36. The molecule has 4 heteroatoms. The van der Waals surface area contributed by atoms with Crippen molar-refractivity contribution in [1.29, 1.82) is 0 Å². The number of hydrogen-bond acceptors (Lipinski definition) is 3. The van der Waals surface area contributed by atoms with Gasteiger partial charge >= 0.3 is 0 Å². The van der Waals surface area contributed by atoms with E-state index in [4.69, 9.17) is 22.6 Å². The van der Waals surface area contributed by atoms with Crippen molar-refractivity contribution in [3.05, 3.63) is 107 Å². The van der Waals surface area contributed by atoms with Gasteiger partial charge in [0.25, 0.3) is 0 Å². The maximum Gasteiger partial charge on any atom is 0.146 e. The summed E-state index contributed by atoms with van der Waals surface area (Å²) in [5.41, 5.74) is 12.2. The topological polar surface area (TPSA) is 30.7 Å². The zero-order valence-electron chi connectivity index (χ0n) is 30.9. The van der Waals surface area contributed by atoms with Crippen LogP contribution in [0, 0.1) is 0 Å². The molecule has 0 spiro atoms. The van der Waals surface area contributed by atoms with Gasteiger partial charge in [-0.1, -0.05) is 101 Å². The van der Waals surface area contributed by atoms with Crippen LogP contribution >= 0.6 is 12.6 Å². The first-order valence-electron chi connectivity index (χ1n) is 17.1. The summed E-state index contributed by atoms with van der Waals surface area (Å²) >= 11 is 5.19. The van der Waals surface area contributed by atoms with Gasteiger partial charge in [-0.25, -0.2) is 4.98 Å². The minimum absolute atomic E-state index is 0.0198. The zero-order valence-corrected chi connectivity index (χ0v) is 31.8. The number of benzene rings is 3. The average Bonchev–Trinajstić information content (AvgIpc) is 3.32. The lowest BCUT2D eigenvalue weighted by Gasteiger charge is -2.28. The fraction of sp³-hybridized carbons (Fsp3) is 0.364. The molecule has 0 N–H and O–H groups in total. The lowest BCUT2D eigenvalue weighted by molar-refractivity contribution is 0.560. The molecule has 0 aliphatic heterocycles. The third-order valence-corrected chi connectivity index (χ3v) is 10.0. The minimum atomic E-state index is -0.0648. The van der Waals surface area contributed by atoms with Crippen LogP contribution in [0.2, 0.25) is 0 Å². The summed E-state index contributed by atoms with van der Waals surface area (Å²) in [7, 11) is 0. The van der Waals surface area contributed by atoms with Crippen LogP contribution in [0.4, 0.5) is 0 Å². The van der Waals surface area contributed by atoms with Crippen molar-refractivity contribution in [3.63, 3.8) is 0 Å². The van der Waals surface area contributed by atoms with Gasteiger partial charge in [-0.2, -0.15) is 0 Å². The van der Waals surface area contributed by atoms with Gasteiger partial charge in [0.15, 0.2) is 0 Å². The normalized spacial score (nSPS) is 13.1. The predicted octanol–water partition coefficient (Wildman–Crippen LogP) is 12.4. The molecule has 3 aromatic heterocycles. The van der Waals surface area contributed by atoms with E-state index in [0.29, 0.717) is 0 Å². The minimum Gasteiger partial charge on any atom is -0.294 e. The van der Waals surface area contributed by atoms with E-state index in [1.807, 2.05) is 12.3 Å². The first-order valence-corrected chi connectivity index (χ1v) is 17.6. The number of aromatic nitrogens is 3. The summed E-state index contributed by atoms with van der Waals surface area (Å²) in [5, 5.41) is 2.35. The highest BCUT2D eigenvalue weighted by molar-refractivity contribution is 7.80. The first kappa shape index (κ1) is 34.0. The van der Waals surface area contributed by atoms with Crippen molar-refractivity contribution in [3.8, 4) is 28.2 Å². The number of fused-ring (bicyclic) bond motifs is 3. The molecule has 3 aromatic carbocycles. The molecule has 0 saturated heterocycles. The molecule has 0 aliphatic rings. The van der Waals surface area contributed by atoms with Crippen LogP contribution in [-0.4, -0.2) is 14.5 Å². The molecule has 3 nitrogen and oxygen atoms in total. The summed E-state index contributed by atoms with van der Waals surface area (Å²) in [5.74, 6) is 0. The molecular formula is C44H51N3S. The van der Waals surface area contributed by atoms with E-state index in [2.05, 4.69) is 160 Å². The van der Waals surface area contributed by atoms with Crippen LogP contribution in [0.3, 0.4) is 0 Å². The first-order chi connectivity index (χ1) is 22.2. The Bertz CT molecular complexity index is 2160. The van der Waals surface area contributed by atoms with Crippen LogP contribution in [0.15, 0.2) is 90.0 Å². The van der Waals surface area contributed by atoms with E-state index in [9.17, 15) is 0 Å². The maximum absolute atomic E-state index is 5.55. The molecule has 0 unspecified atom stereocenters. The van der Waals surface area contributed by atoms with Crippen molar-refractivity contribution in [2.24, 2.45) is 0 Å². The fourth-order valence-electron chi connectivity index (χ4n) is 6.46. The molecule has 248 valence electrons. The predicted molar refractivity (Wildman–Crippen MR) is 209 cm³/mol.